The lowest BCUT2D eigenvalue weighted by Crippen LogP contribution is -2.52. The SMILES string of the molecule is COc1ccc([Si](C)(C)[C@H]2[C@H](CC(=O)N3Cc4ccccc4C[C@H]3CO)O[C@@]3(C(=O)N(Cc4cccc(NC(=O)c5ccc(N)cc5)c4)c4ccc([N+](=O)[O-])cc43)[C@@H]2C)cc1. The van der Waals surface area contributed by atoms with Gasteiger partial charge in [-0.25, -0.2) is 0 Å². The molecule has 3 aliphatic rings. The van der Waals surface area contributed by atoms with Gasteiger partial charge in [0, 0.05) is 47.1 Å². The summed E-state index contributed by atoms with van der Waals surface area (Å²) in [7, 11) is -1.08. The Hall–Kier alpha value is -6.35. The second-order valence-electron chi connectivity index (χ2n) is 16.8. The highest BCUT2D eigenvalue weighted by molar-refractivity contribution is 6.91. The van der Waals surface area contributed by atoms with E-state index in [2.05, 4.69) is 18.4 Å². The summed E-state index contributed by atoms with van der Waals surface area (Å²) in [6, 6.07) is 33.5. The normalized spacial score (nSPS) is 21.9. The number of nitrogens with two attached hydrogens (primary N) is 1. The number of nitrogens with one attached hydrogen (secondary N) is 1. The average Bonchev–Trinajstić information content (AvgIpc) is 3.68. The van der Waals surface area contributed by atoms with Crippen molar-refractivity contribution in [3.8, 4) is 5.75 Å². The molecule has 0 radical (unpaired) electrons. The minimum Gasteiger partial charge on any atom is -0.497 e. The fourth-order valence-electron chi connectivity index (χ4n) is 9.87. The van der Waals surface area contributed by atoms with Gasteiger partial charge in [0.2, 0.25) is 5.91 Å². The summed E-state index contributed by atoms with van der Waals surface area (Å²) >= 11 is 0. The van der Waals surface area contributed by atoms with Crippen molar-refractivity contribution in [2.24, 2.45) is 5.92 Å². The van der Waals surface area contributed by atoms with Crippen LogP contribution in [0.3, 0.4) is 0 Å². The molecule has 5 aromatic carbocycles. The summed E-state index contributed by atoms with van der Waals surface area (Å²) in [6.45, 7) is 6.58. The van der Waals surface area contributed by atoms with Gasteiger partial charge in [0.1, 0.15) is 5.75 Å². The van der Waals surface area contributed by atoms with E-state index >= 15 is 4.79 Å². The number of carbonyl (C=O) groups excluding carboxylic acids is 3. The van der Waals surface area contributed by atoms with Gasteiger partial charge in [0.25, 0.3) is 17.5 Å². The number of amides is 3. The Bertz CT molecular complexity index is 2510. The number of hydrogen-bond donors (Lipinski definition) is 3. The van der Waals surface area contributed by atoms with Crippen LogP contribution < -0.4 is 25.9 Å². The Morgan fingerprint density at radius 3 is 2.39 bits per heavy atom. The lowest BCUT2D eigenvalue weighted by atomic mass is 9.82. The monoisotopic (exact) mass is 839 g/mol. The molecule has 0 bridgehead atoms. The number of benzene rings is 5. The molecule has 0 saturated carbocycles. The zero-order valence-corrected chi connectivity index (χ0v) is 35.5. The number of non-ortho nitro benzene ring substituents is 1. The maximum absolute atomic E-state index is 15.4. The lowest BCUT2D eigenvalue weighted by Gasteiger charge is -2.39. The molecule has 0 aliphatic carbocycles. The van der Waals surface area contributed by atoms with Crippen molar-refractivity contribution < 1.29 is 33.9 Å². The summed E-state index contributed by atoms with van der Waals surface area (Å²) in [5, 5.41) is 26.8. The standard InChI is InChI=1S/C47H49N5O8Si/c1-29-44(61(3,4)39-19-17-38(59-2)18-20-39)42(25-43(54)50-27-33-10-6-5-9-32(33)23-37(50)28-53)60-47(29)40-24-36(52(57)58)16-21-41(40)51(46(47)56)26-30-8-7-11-35(22-30)49-45(55)31-12-14-34(48)15-13-31/h5-22,24,29,37,42,44,53H,23,25-28,48H2,1-4H3,(H,49,55)/t29-,37+,42+,44-,47+/m1/s1. The number of carbonyl (C=O) groups is 3. The van der Waals surface area contributed by atoms with E-state index in [1.54, 1.807) is 65.4 Å². The number of nitro benzene ring substituents is 1. The Morgan fingerprint density at radius 1 is 0.984 bits per heavy atom. The molecule has 0 unspecified atom stereocenters. The van der Waals surface area contributed by atoms with Gasteiger partial charge in [0.15, 0.2) is 5.60 Å². The number of fused-ring (bicyclic) bond motifs is 3. The summed E-state index contributed by atoms with van der Waals surface area (Å²) in [6.07, 6.45) is -0.308. The minimum atomic E-state index is -2.69. The third kappa shape index (κ3) is 7.44. The van der Waals surface area contributed by atoms with E-state index in [-0.39, 0.29) is 48.5 Å². The maximum atomic E-state index is 15.4. The largest absolute Gasteiger partial charge is 0.497 e. The van der Waals surface area contributed by atoms with Crippen molar-refractivity contribution in [3.05, 3.63) is 153 Å². The van der Waals surface area contributed by atoms with Gasteiger partial charge in [-0.2, -0.15) is 0 Å². The van der Waals surface area contributed by atoms with Gasteiger partial charge in [0.05, 0.1) is 57.5 Å². The molecule has 1 fully saturated rings. The molecule has 4 N–H and O–H groups in total. The van der Waals surface area contributed by atoms with Gasteiger partial charge in [-0.05, 0) is 83.2 Å². The second kappa shape index (κ2) is 16.3. The molecule has 0 aromatic heterocycles. The molecule has 5 atom stereocenters. The number of nitrogens with zero attached hydrogens (tertiary/aromatic N) is 3. The number of rotatable bonds is 11. The van der Waals surface area contributed by atoms with E-state index in [9.17, 15) is 24.8 Å². The van der Waals surface area contributed by atoms with E-state index in [4.69, 9.17) is 15.2 Å². The van der Waals surface area contributed by atoms with E-state index in [0.717, 1.165) is 16.3 Å². The van der Waals surface area contributed by atoms with E-state index in [0.29, 0.717) is 52.5 Å². The van der Waals surface area contributed by atoms with Crippen LogP contribution in [0.15, 0.2) is 115 Å². The van der Waals surface area contributed by atoms with Crippen LogP contribution in [0.2, 0.25) is 18.6 Å². The highest BCUT2D eigenvalue weighted by Gasteiger charge is 2.67. The first-order chi connectivity index (χ1) is 29.2. The number of methoxy groups -OCH3 is 1. The summed E-state index contributed by atoms with van der Waals surface area (Å²) < 4.78 is 12.7. The van der Waals surface area contributed by atoms with E-state index < -0.39 is 36.7 Å². The molecule has 8 rings (SSSR count). The molecule has 14 heteroatoms. The zero-order chi connectivity index (χ0) is 43.2. The predicted molar refractivity (Wildman–Crippen MR) is 235 cm³/mol. The highest BCUT2D eigenvalue weighted by atomic mass is 28.3. The fourth-order valence-corrected chi connectivity index (χ4v) is 13.9. The van der Waals surface area contributed by atoms with Gasteiger partial charge >= 0.3 is 0 Å². The Labute approximate surface area is 355 Å². The summed E-state index contributed by atoms with van der Waals surface area (Å²) in [5.41, 5.74) is 8.78. The average molecular weight is 840 g/mol. The number of nitro groups is 1. The zero-order valence-electron chi connectivity index (χ0n) is 34.5. The number of aliphatic hydroxyl groups is 1. The van der Waals surface area contributed by atoms with Crippen molar-refractivity contribution in [2.75, 3.05) is 29.7 Å². The summed E-state index contributed by atoms with van der Waals surface area (Å²) in [5.74, 6) is -0.745. The molecule has 3 amide bonds. The van der Waals surface area contributed by atoms with Crippen LogP contribution in [0.25, 0.3) is 0 Å². The van der Waals surface area contributed by atoms with Crippen LogP contribution in [-0.2, 0) is 39.4 Å². The van der Waals surface area contributed by atoms with Crippen LogP contribution in [0.1, 0.15) is 46.0 Å². The Balaban J connectivity index is 1.17. The van der Waals surface area contributed by atoms with Crippen molar-refractivity contribution >= 4 is 53.7 Å². The van der Waals surface area contributed by atoms with Crippen LogP contribution in [0, 0.1) is 16.0 Å². The molecule has 61 heavy (non-hydrogen) atoms. The first kappa shape index (κ1) is 41.4. The topological polar surface area (TPSA) is 178 Å². The molecule has 1 saturated heterocycles. The molecule has 3 aliphatic heterocycles. The van der Waals surface area contributed by atoms with Crippen molar-refractivity contribution in [3.63, 3.8) is 0 Å². The van der Waals surface area contributed by atoms with Gasteiger partial charge in [-0.1, -0.05) is 73.7 Å². The Morgan fingerprint density at radius 2 is 1.70 bits per heavy atom. The van der Waals surface area contributed by atoms with Gasteiger partial charge < -0.3 is 35.4 Å². The number of aliphatic hydroxyl groups excluding tert-OH is 1. The number of ether oxygens (including phenoxy) is 2. The van der Waals surface area contributed by atoms with Crippen LogP contribution in [-0.4, -0.2) is 66.6 Å². The Kier molecular flexibility index (Phi) is 11.0. The fraction of sp³-hybridized carbons (Fsp3) is 0.298. The van der Waals surface area contributed by atoms with Gasteiger partial charge in [-0.3, -0.25) is 24.5 Å². The van der Waals surface area contributed by atoms with Crippen LogP contribution in [0.5, 0.6) is 5.75 Å². The molecule has 5 aromatic rings. The molecular weight excluding hydrogens is 791 g/mol. The third-order valence-electron chi connectivity index (χ3n) is 13.0. The third-order valence-corrected chi connectivity index (χ3v) is 17.4. The predicted octanol–water partition coefficient (Wildman–Crippen LogP) is 6.54. The molecule has 1 spiro atoms. The number of anilines is 3. The quantitative estimate of drug-likeness (QED) is 0.0577. The van der Waals surface area contributed by atoms with Crippen LogP contribution >= 0.6 is 0 Å². The first-order valence-corrected chi connectivity index (χ1v) is 23.5. The smallest absolute Gasteiger partial charge is 0.269 e. The lowest BCUT2D eigenvalue weighted by molar-refractivity contribution is -0.385. The number of hydrogen-bond acceptors (Lipinski definition) is 9. The molecule has 314 valence electrons. The van der Waals surface area contributed by atoms with Crippen molar-refractivity contribution in [1.82, 2.24) is 4.90 Å². The summed E-state index contributed by atoms with van der Waals surface area (Å²) in [4.78, 5) is 58.4. The van der Waals surface area contributed by atoms with Crippen LogP contribution in [0.4, 0.5) is 22.7 Å². The molecule has 13 nitrogen and oxygen atoms in total. The second-order valence-corrected chi connectivity index (χ2v) is 21.5. The molecular formula is C47H49N5O8Si. The van der Waals surface area contributed by atoms with Crippen molar-refractivity contribution in [2.45, 2.75) is 69.2 Å². The highest BCUT2D eigenvalue weighted by Crippen LogP contribution is 2.60. The first-order valence-electron chi connectivity index (χ1n) is 20.4. The van der Waals surface area contributed by atoms with Crippen molar-refractivity contribution in [1.29, 1.82) is 0 Å². The van der Waals surface area contributed by atoms with E-state index in [1.165, 1.54) is 12.1 Å². The minimum absolute atomic E-state index is 0.0602. The maximum Gasteiger partial charge on any atom is 0.269 e. The molecule has 3 heterocycles. The number of nitrogen functional groups attached to an aromatic ring is 1. The van der Waals surface area contributed by atoms with Gasteiger partial charge in [-0.15, -0.1) is 0 Å². The van der Waals surface area contributed by atoms with E-state index in [1.807, 2.05) is 61.5 Å².